The molecule has 20 heavy (non-hydrogen) atoms. The van der Waals surface area contributed by atoms with Gasteiger partial charge in [-0.2, -0.15) is 0 Å². The van der Waals surface area contributed by atoms with Crippen LogP contribution in [0.4, 0.5) is 11.4 Å². The van der Waals surface area contributed by atoms with Crippen molar-refractivity contribution in [2.45, 2.75) is 32.3 Å². The molecular formula is C14H20N2O4. The zero-order chi connectivity index (χ0) is 14.5. The van der Waals surface area contributed by atoms with Crippen LogP contribution in [0.2, 0.25) is 0 Å². The molecule has 1 aliphatic rings. The summed E-state index contributed by atoms with van der Waals surface area (Å²) in [4.78, 5) is 12.6. The highest BCUT2D eigenvalue weighted by Crippen LogP contribution is 2.30. The number of benzene rings is 1. The van der Waals surface area contributed by atoms with E-state index in [2.05, 4.69) is 0 Å². The molecule has 1 atom stereocenters. The Balaban J connectivity index is 2.25. The Morgan fingerprint density at radius 3 is 2.95 bits per heavy atom. The largest absolute Gasteiger partial charge is 0.493 e. The number of nitro groups is 1. The van der Waals surface area contributed by atoms with E-state index in [4.69, 9.17) is 4.74 Å². The SMILES string of the molecule is CCCOc1cc(N2CCCC(O)C2)cc([N+](=O)[O-])c1. The van der Waals surface area contributed by atoms with Crippen LogP contribution in [-0.2, 0) is 0 Å². The van der Waals surface area contributed by atoms with Crippen LogP contribution in [0.5, 0.6) is 5.75 Å². The minimum absolute atomic E-state index is 0.0219. The fraction of sp³-hybridized carbons (Fsp3) is 0.571. The van der Waals surface area contributed by atoms with Crippen LogP contribution in [0.25, 0.3) is 0 Å². The van der Waals surface area contributed by atoms with Crippen molar-refractivity contribution in [3.05, 3.63) is 28.3 Å². The van der Waals surface area contributed by atoms with Crippen molar-refractivity contribution < 1.29 is 14.8 Å². The van der Waals surface area contributed by atoms with E-state index < -0.39 is 4.92 Å². The van der Waals surface area contributed by atoms with Crippen LogP contribution < -0.4 is 9.64 Å². The van der Waals surface area contributed by atoms with Crippen molar-refractivity contribution in [2.75, 3.05) is 24.6 Å². The van der Waals surface area contributed by atoms with Gasteiger partial charge in [0.1, 0.15) is 5.75 Å². The molecule has 110 valence electrons. The Kier molecular flexibility index (Phi) is 4.79. The lowest BCUT2D eigenvalue weighted by atomic mass is 10.1. The molecule has 0 saturated carbocycles. The van der Waals surface area contributed by atoms with Crippen LogP contribution in [0.3, 0.4) is 0 Å². The summed E-state index contributed by atoms with van der Waals surface area (Å²) in [5.74, 6) is 0.510. The molecule has 1 N–H and O–H groups in total. The maximum absolute atomic E-state index is 11.0. The smallest absolute Gasteiger partial charge is 0.275 e. The predicted octanol–water partition coefficient (Wildman–Crippen LogP) is 2.34. The maximum atomic E-state index is 11.0. The van der Waals surface area contributed by atoms with Gasteiger partial charge >= 0.3 is 0 Å². The Hall–Kier alpha value is -1.82. The standard InChI is InChI=1S/C14H20N2O4/c1-2-6-20-14-8-11(7-12(9-14)16(18)19)15-5-3-4-13(17)10-15/h7-9,13,17H,2-6,10H2,1H3. The Labute approximate surface area is 118 Å². The van der Waals surface area contributed by atoms with Gasteiger partial charge in [0, 0.05) is 30.9 Å². The van der Waals surface area contributed by atoms with E-state index in [1.54, 1.807) is 6.07 Å². The molecule has 6 heteroatoms. The first-order valence-corrected chi connectivity index (χ1v) is 6.95. The second-order valence-electron chi connectivity index (χ2n) is 5.03. The Bertz CT molecular complexity index is 478. The third-order valence-corrected chi connectivity index (χ3v) is 3.32. The zero-order valence-corrected chi connectivity index (χ0v) is 11.6. The number of nitro benzene ring substituents is 1. The van der Waals surface area contributed by atoms with E-state index in [-0.39, 0.29) is 11.8 Å². The Morgan fingerprint density at radius 1 is 1.50 bits per heavy atom. The lowest BCUT2D eigenvalue weighted by Crippen LogP contribution is -2.38. The predicted molar refractivity (Wildman–Crippen MR) is 76.3 cm³/mol. The van der Waals surface area contributed by atoms with Gasteiger partial charge in [0.05, 0.1) is 23.7 Å². The highest BCUT2D eigenvalue weighted by Gasteiger charge is 2.20. The minimum atomic E-state index is -0.414. The number of hydrogen-bond donors (Lipinski definition) is 1. The van der Waals surface area contributed by atoms with Crippen molar-refractivity contribution in [1.29, 1.82) is 0 Å². The van der Waals surface area contributed by atoms with Gasteiger partial charge in [-0.05, 0) is 19.3 Å². The maximum Gasteiger partial charge on any atom is 0.275 e. The van der Waals surface area contributed by atoms with E-state index in [0.29, 0.717) is 18.9 Å². The molecular weight excluding hydrogens is 260 g/mol. The van der Waals surface area contributed by atoms with E-state index in [0.717, 1.165) is 31.5 Å². The van der Waals surface area contributed by atoms with Gasteiger partial charge in [0.25, 0.3) is 5.69 Å². The van der Waals surface area contributed by atoms with Gasteiger partial charge < -0.3 is 14.7 Å². The second kappa shape index (κ2) is 6.56. The quantitative estimate of drug-likeness (QED) is 0.662. The number of aliphatic hydroxyl groups excluding tert-OH is 1. The monoisotopic (exact) mass is 280 g/mol. The fourth-order valence-electron chi connectivity index (χ4n) is 2.35. The number of nitrogens with zero attached hydrogens (tertiary/aromatic N) is 2. The lowest BCUT2D eigenvalue weighted by Gasteiger charge is -2.32. The molecule has 0 radical (unpaired) electrons. The molecule has 0 bridgehead atoms. The first-order valence-electron chi connectivity index (χ1n) is 6.95. The van der Waals surface area contributed by atoms with Crippen LogP contribution >= 0.6 is 0 Å². The summed E-state index contributed by atoms with van der Waals surface area (Å²) >= 11 is 0. The summed E-state index contributed by atoms with van der Waals surface area (Å²) < 4.78 is 5.51. The Morgan fingerprint density at radius 2 is 2.30 bits per heavy atom. The molecule has 1 heterocycles. The number of rotatable bonds is 5. The van der Waals surface area contributed by atoms with Gasteiger partial charge in [-0.1, -0.05) is 6.92 Å². The number of non-ortho nitro benzene ring substituents is 1. The minimum Gasteiger partial charge on any atom is -0.493 e. The highest BCUT2D eigenvalue weighted by atomic mass is 16.6. The van der Waals surface area contributed by atoms with Gasteiger partial charge in [0.2, 0.25) is 0 Å². The lowest BCUT2D eigenvalue weighted by molar-refractivity contribution is -0.384. The number of ether oxygens (including phenoxy) is 1. The number of anilines is 1. The van der Waals surface area contributed by atoms with E-state index in [1.807, 2.05) is 11.8 Å². The number of piperidine rings is 1. The van der Waals surface area contributed by atoms with Crippen LogP contribution in [0.15, 0.2) is 18.2 Å². The van der Waals surface area contributed by atoms with Crippen molar-refractivity contribution in [2.24, 2.45) is 0 Å². The molecule has 0 spiro atoms. The van der Waals surface area contributed by atoms with Crippen molar-refractivity contribution >= 4 is 11.4 Å². The third-order valence-electron chi connectivity index (χ3n) is 3.32. The molecule has 6 nitrogen and oxygen atoms in total. The number of aliphatic hydroxyl groups is 1. The average Bonchev–Trinajstić information content (AvgIpc) is 2.44. The molecule has 1 aliphatic heterocycles. The van der Waals surface area contributed by atoms with Crippen molar-refractivity contribution in [3.8, 4) is 5.75 Å². The summed E-state index contributed by atoms with van der Waals surface area (Å²) in [5, 5.41) is 20.7. The average molecular weight is 280 g/mol. The summed E-state index contributed by atoms with van der Waals surface area (Å²) in [6.07, 6.45) is 2.14. The van der Waals surface area contributed by atoms with Crippen LogP contribution in [0.1, 0.15) is 26.2 Å². The summed E-state index contributed by atoms with van der Waals surface area (Å²) in [6, 6.07) is 4.79. The van der Waals surface area contributed by atoms with E-state index in [1.165, 1.54) is 12.1 Å². The summed E-state index contributed by atoms with van der Waals surface area (Å²) in [5.41, 5.74) is 0.762. The third kappa shape index (κ3) is 3.60. The van der Waals surface area contributed by atoms with Gasteiger partial charge in [-0.25, -0.2) is 0 Å². The van der Waals surface area contributed by atoms with Gasteiger partial charge in [-0.3, -0.25) is 10.1 Å². The van der Waals surface area contributed by atoms with Gasteiger partial charge in [0.15, 0.2) is 0 Å². The molecule has 1 aromatic carbocycles. The molecule has 2 rings (SSSR count). The topological polar surface area (TPSA) is 75.8 Å². The molecule has 0 amide bonds. The number of hydrogen-bond acceptors (Lipinski definition) is 5. The molecule has 1 aromatic rings. The van der Waals surface area contributed by atoms with E-state index >= 15 is 0 Å². The number of β-amino-alcohol motifs (C(OH)–C–C–N with tert-alkyl or cyclic N) is 1. The molecule has 1 fully saturated rings. The van der Waals surface area contributed by atoms with Crippen molar-refractivity contribution in [3.63, 3.8) is 0 Å². The van der Waals surface area contributed by atoms with Crippen molar-refractivity contribution in [1.82, 2.24) is 0 Å². The normalized spacial score (nSPS) is 18.9. The van der Waals surface area contributed by atoms with Crippen LogP contribution in [-0.4, -0.2) is 35.8 Å². The second-order valence-corrected chi connectivity index (χ2v) is 5.03. The molecule has 1 unspecified atom stereocenters. The zero-order valence-electron chi connectivity index (χ0n) is 11.6. The summed E-state index contributed by atoms with van der Waals surface area (Å²) in [6.45, 7) is 3.82. The molecule has 0 aliphatic carbocycles. The van der Waals surface area contributed by atoms with Gasteiger partial charge in [-0.15, -0.1) is 0 Å². The first kappa shape index (κ1) is 14.6. The highest BCUT2D eigenvalue weighted by molar-refractivity contribution is 5.58. The summed E-state index contributed by atoms with van der Waals surface area (Å²) in [7, 11) is 0. The molecule has 0 aromatic heterocycles. The fourth-order valence-corrected chi connectivity index (χ4v) is 2.35. The first-order chi connectivity index (χ1) is 9.60. The van der Waals surface area contributed by atoms with E-state index in [9.17, 15) is 15.2 Å². The van der Waals surface area contributed by atoms with Crippen LogP contribution in [0, 0.1) is 10.1 Å². The molecule has 1 saturated heterocycles.